The van der Waals surface area contributed by atoms with E-state index in [0.717, 1.165) is 0 Å². The molecular weight excluding hydrogens is 303 g/mol. The van der Waals surface area contributed by atoms with E-state index in [9.17, 15) is 4.39 Å². The molecule has 0 bridgehead atoms. The predicted octanol–water partition coefficient (Wildman–Crippen LogP) is 2.97. The highest BCUT2D eigenvalue weighted by Gasteiger charge is 2.09. The van der Waals surface area contributed by atoms with E-state index in [2.05, 4.69) is 25.9 Å². The van der Waals surface area contributed by atoms with E-state index >= 15 is 0 Å². The first-order valence-corrected chi connectivity index (χ1v) is 5.95. The van der Waals surface area contributed by atoms with Gasteiger partial charge >= 0.3 is 6.01 Å². The molecule has 1 aromatic heterocycles. The molecule has 1 heterocycles. The van der Waals surface area contributed by atoms with E-state index in [1.165, 1.54) is 18.3 Å². The van der Waals surface area contributed by atoms with Crippen molar-refractivity contribution in [3.63, 3.8) is 0 Å². The summed E-state index contributed by atoms with van der Waals surface area (Å²) in [5.74, 6) is -0.453. The summed E-state index contributed by atoms with van der Waals surface area (Å²) in [7, 11) is 0. The minimum Gasteiger partial charge on any atom is -0.421 e. The molecule has 0 aliphatic heterocycles. The monoisotopic (exact) mass is 312 g/mol. The average molecular weight is 313 g/mol. The van der Waals surface area contributed by atoms with Crippen LogP contribution in [-0.2, 0) is 6.61 Å². The number of rotatable bonds is 3. The average Bonchev–Trinajstić information content (AvgIpc) is 2.34. The number of benzene rings is 1. The Balaban J connectivity index is 2.28. The second-order valence-electron chi connectivity index (χ2n) is 3.60. The maximum absolute atomic E-state index is 13.5. The normalized spacial score (nSPS) is 10.4. The van der Waals surface area contributed by atoms with E-state index in [-0.39, 0.29) is 18.4 Å². The smallest absolute Gasteiger partial charge is 0.322 e. The molecule has 18 heavy (non-hydrogen) atoms. The first kappa shape index (κ1) is 12.9. The van der Waals surface area contributed by atoms with Crippen molar-refractivity contribution in [1.29, 1.82) is 0 Å². The van der Waals surface area contributed by atoms with Crippen LogP contribution in [0.15, 0.2) is 28.9 Å². The summed E-state index contributed by atoms with van der Waals surface area (Å²) in [5, 5.41) is 8.99. The Morgan fingerprint density at radius 1 is 1.44 bits per heavy atom. The van der Waals surface area contributed by atoms with Gasteiger partial charge in [-0.15, -0.1) is 0 Å². The van der Waals surface area contributed by atoms with Crippen LogP contribution in [0.4, 0.5) is 4.39 Å². The largest absolute Gasteiger partial charge is 0.421 e. The molecule has 94 valence electrons. The second kappa shape index (κ2) is 5.41. The Bertz CT molecular complexity index is 578. The van der Waals surface area contributed by atoms with Gasteiger partial charge in [-0.3, -0.25) is 0 Å². The van der Waals surface area contributed by atoms with E-state index in [4.69, 9.17) is 9.84 Å². The number of aliphatic hydroxyl groups is 1. The minimum atomic E-state index is -0.495. The standard InChI is InChI=1S/C12H10BrFN2O2/c1-7-8(6-17)5-15-12(16-7)18-11-4-9(13)2-3-10(11)14/h2-5,17H,6H2,1H3. The third-order valence-corrected chi connectivity index (χ3v) is 2.82. The highest BCUT2D eigenvalue weighted by atomic mass is 79.9. The van der Waals surface area contributed by atoms with Crippen molar-refractivity contribution in [2.24, 2.45) is 0 Å². The third kappa shape index (κ3) is 2.83. The van der Waals surface area contributed by atoms with Crippen molar-refractivity contribution in [1.82, 2.24) is 9.97 Å². The molecule has 0 atom stereocenters. The van der Waals surface area contributed by atoms with Crippen LogP contribution < -0.4 is 4.74 Å². The van der Waals surface area contributed by atoms with Gasteiger partial charge in [0.1, 0.15) is 0 Å². The maximum atomic E-state index is 13.5. The Labute approximate surface area is 112 Å². The van der Waals surface area contributed by atoms with Crippen LogP contribution in [0.1, 0.15) is 11.3 Å². The van der Waals surface area contributed by atoms with Crippen LogP contribution in [0, 0.1) is 12.7 Å². The number of aryl methyl sites for hydroxylation is 1. The van der Waals surface area contributed by atoms with Gasteiger partial charge in [0, 0.05) is 16.2 Å². The molecule has 6 heteroatoms. The number of aromatic nitrogens is 2. The fraction of sp³-hybridized carbons (Fsp3) is 0.167. The van der Waals surface area contributed by atoms with E-state index in [1.54, 1.807) is 13.0 Å². The number of aliphatic hydroxyl groups excluding tert-OH is 1. The lowest BCUT2D eigenvalue weighted by molar-refractivity contribution is 0.279. The zero-order valence-electron chi connectivity index (χ0n) is 9.52. The molecular formula is C12H10BrFN2O2. The zero-order chi connectivity index (χ0) is 13.1. The topological polar surface area (TPSA) is 55.2 Å². The van der Waals surface area contributed by atoms with Crippen LogP contribution in [0.25, 0.3) is 0 Å². The van der Waals surface area contributed by atoms with Crippen LogP contribution in [0.2, 0.25) is 0 Å². The SMILES string of the molecule is Cc1nc(Oc2cc(Br)ccc2F)ncc1CO. The van der Waals surface area contributed by atoms with Gasteiger partial charge in [-0.2, -0.15) is 4.98 Å². The molecule has 0 unspecified atom stereocenters. The summed E-state index contributed by atoms with van der Waals surface area (Å²) in [5.41, 5.74) is 1.20. The molecule has 0 saturated carbocycles. The molecule has 0 fully saturated rings. The Kier molecular flexibility index (Phi) is 3.88. The zero-order valence-corrected chi connectivity index (χ0v) is 11.1. The van der Waals surface area contributed by atoms with Crippen molar-refractivity contribution >= 4 is 15.9 Å². The summed E-state index contributed by atoms with van der Waals surface area (Å²) < 4.78 is 19.4. The van der Waals surface area contributed by atoms with Crippen molar-refractivity contribution in [2.75, 3.05) is 0 Å². The van der Waals surface area contributed by atoms with Crippen LogP contribution >= 0.6 is 15.9 Å². The molecule has 2 rings (SSSR count). The highest BCUT2D eigenvalue weighted by molar-refractivity contribution is 9.10. The van der Waals surface area contributed by atoms with Gasteiger partial charge in [0.15, 0.2) is 11.6 Å². The van der Waals surface area contributed by atoms with Gasteiger partial charge in [0.2, 0.25) is 0 Å². The van der Waals surface area contributed by atoms with Gasteiger partial charge in [0.05, 0.1) is 12.3 Å². The molecule has 0 saturated heterocycles. The number of hydrogen-bond donors (Lipinski definition) is 1. The maximum Gasteiger partial charge on any atom is 0.322 e. The number of hydrogen-bond acceptors (Lipinski definition) is 4. The fourth-order valence-electron chi connectivity index (χ4n) is 1.33. The number of nitrogens with zero attached hydrogens (tertiary/aromatic N) is 2. The lowest BCUT2D eigenvalue weighted by atomic mass is 10.3. The van der Waals surface area contributed by atoms with Crippen molar-refractivity contribution < 1.29 is 14.2 Å². The summed E-state index contributed by atoms with van der Waals surface area (Å²) >= 11 is 3.23. The minimum absolute atomic E-state index is 0.0422. The number of halogens is 2. The van der Waals surface area contributed by atoms with Gasteiger partial charge in [-0.25, -0.2) is 9.37 Å². The van der Waals surface area contributed by atoms with Crippen molar-refractivity contribution in [3.8, 4) is 11.8 Å². The lowest BCUT2D eigenvalue weighted by Gasteiger charge is -2.07. The van der Waals surface area contributed by atoms with E-state index in [1.807, 2.05) is 0 Å². The van der Waals surface area contributed by atoms with Crippen molar-refractivity contribution in [2.45, 2.75) is 13.5 Å². The summed E-state index contributed by atoms with van der Waals surface area (Å²) in [6.45, 7) is 1.58. The third-order valence-electron chi connectivity index (χ3n) is 2.32. The van der Waals surface area contributed by atoms with Gasteiger partial charge < -0.3 is 9.84 Å². The summed E-state index contributed by atoms with van der Waals surface area (Å²) in [4.78, 5) is 7.94. The van der Waals surface area contributed by atoms with E-state index in [0.29, 0.717) is 15.7 Å². The molecule has 1 aromatic carbocycles. The highest BCUT2D eigenvalue weighted by Crippen LogP contribution is 2.25. The Morgan fingerprint density at radius 2 is 2.22 bits per heavy atom. The molecule has 0 spiro atoms. The van der Waals surface area contributed by atoms with Gasteiger partial charge in [-0.05, 0) is 25.1 Å². The Hall–Kier alpha value is -1.53. The first-order chi connectivity index (χ1) is 8.60. The quantitative estimate of drug-likeness (QED) is 0.946. The molecule has 0 amide bonds. The second-order valence-corrected chi connectivity index (χ2v) is 4.51. The molecule has 2 aromatic rings. The fourth-order valence-corrected chi connectivity index (χ4v) is 1.67. The van der Waals surface area contributed by atoms with Gasteiger partial charge in [0.25, 0.3) is 0 Å². The number of ether oxygens (including phenoxy) is 1. The van der Waals surface area contributed by atoms with Crippen molar-refractivity contribution in [3.05, 3.63) is 45.9 Å². The molecule has 0 radical (unpaired) electrons. The van der Waals surface area contributed by atoms with Crippen LogP contribution in [0.5, 0.6) is 11.8 Å². The summed E-state index contributed by atoms with van der Waals surface area (Å²) in [6, 6.07) is 4.40. The van der Waals surface area contributed by atoms with E-state index < -0.39 is 5.82 Å². The van der Waals surface area contributed by atoms with Crippen LogP contribution in [0.3, 0.4) is 0 Å². The lowest BCUT2D eigenvalue weighted by Crippen LogP contribution is -1.99. The molecule has 0 aliphatic rings. The molecule has 1 N–H and O–H groups in total. The first-order valence-electron chi connectivity index (χ1n) is 5.16. The Morgan fingerprint density at radius 3 is 2.89 bits per heavy atom. The predicted molar refractivity (Wildman–Crippen MR) is 66.9 cm³/mol. The molecule has 4 nitrogen and oxygen atoms in total. The summed E-state index contributed by atoms with van der Waals surface area (Å²) in [6.07, 6.45) is 1.45. The molecule has 0 aliphatic carbocycles. The van der Waals surface area contributed by atoms with Crippen LogP contribution in [-0.4, -0.2) is 15.1 Å². The van der Waals surface area contributed by atoms with Gasteiger partial charge in [-0.1, -0.05) is 15.9 Å².